The molecular weight excluding hydrogens is 492 g/mol. The zero-order valence-corrected chi connectivity index (χ0v) is 20.6. The molecule has 0 radical (unpaired) electrons. The van der Waals surface area contributed by atoms with E-state index in [1.54, 1.807) is 41.2 Å². The molecule has 3 aromatic heterocycles. The third kappa shape index (κ3) is 5.57. The lowest BCUT2D eigenvalue weighted by Gasteiger charge is -2.10. The summed E-state index contributed by atoms with van der Waals surface area (Å²) in [5.41, 5.74) is 3.67. The standard InChI is InChI=1S/C30H22N6O3/c37-29(20-38-24-9-11-26(12-10-24)39-25-7-2-1-3-8-25)32-23-6-4-5-22(19-23)27-13-14-28-33-34-30(36(28)35-27)21-15-17-31-18-16-21/h1-19H,20H2,(H,32,37). The number of nitrogens with one attached hydrogen (secondary N) is 1. The van der Waals surface area contributed by atoms with Crippen LogP contribution in [0.2, 0.25) is 0 Å². The molecular formula is C30H22N6O3. The minimum Gasteiger partial charge on any atom is -0.484 e. The van der Waals surface area contributed by atoms with Gasteiger partial charge in [-0.2, -0.15) is 9.61 Å². The summed E-state index contributed by atoms with van der Waals surface area (Å²) in [7, 11) is 0. The molecule has 3 heterocycles. The second-order valence-electron chi connectivity index (χ2n) is 8.55. The minimum atomic E-state index is -0.279. The van der Waals surface area contributed by atoms with Gasteiger partial charge in [-0.1, -0.05) is 30.3 Å². The molecule has 0 unspecified atom stereocenters. The first-order valence-corrected chi connectivity index (χ1v) is 12.2. The number of carbonyl (C=O) groups is 1. The Hall–Kier alpha value is -5.57. The summed E-state index contributed by atoms with van der Waals surface area (Å²) in [6.07, 6.45) is 3.40. The normalized spacial score (nSPS) is 10.8. The van der Waals surface area contributed by atoms with Crippen molar-refractivity contribution in [3.8, 4) is 39.9 Å². The van der Waals surface area contributed by atoms with E-state index in [0.717, 1.165) is 16.9 Å². The topological polar surface area (TPSA) is 104 Å². The lowest BCUT2D eigenvalue weighted by molar-refractivity contribution is -0.118. The third-order valence-electron chi connectivity index (χ3n) is 5.82. The molecule has 0 aliphatic heterocycles. The van der Waals surface area contributed by atoms with E-state index >= 15 is 0 Å². The molecule has 190 valence electrons. The Bertz CT molecular complexity index is 1720. The molecule has 0 bridgehead atoms. The zero-order valence-electron chi connectivity index (χ0n) is 20.6. The smallest absolute Gasteiger partial charge is 0.262 e. The summed E-state index contributed by atoms with van der Waals surface area (Å²) < 4.78 is 13.1. The number of amides is 1. The first-order valence-electron chi connectivity index (χ1n) is 12.2. The number of ether oxygens (including phenoxy) is 2. The largest absolute Gasteiger partial charge is 0.484 e. The monoisotopic (exact) mass is 514 g/mol. The number of para-hydroxylation sites is 1. The van der Waals surface area contributed by atoms with Crippen LogP contribution in [0.3, 0.4) is 0 Å². The van der Waals surface area contributed by atoms with Crippen LogP contribution in [0.15, 0.2) is 116 Å². The highest BCUT2D eigenvalue weighted by molar-refractivity contribution is 5.92. The Morgan fingerprint density at radius 2 is 1.51 bits per heavy atom. The van der Waals surface area contributed by atoms with E-state index in [2.05, 4.69) is 20.5 Å². The number of nitrogens with zero attached hydrogens (tertiary/aromatic N) is 5. The number of benzene rings is 3. The number of anilines is 1. The van der Waals surface area contributed by atoms with E-state index in [0.29, 0.717) is 34.4 Å². The molecule has 0 aliphatic rings. The van der Waals surface area contributed by atoms with Crippen molar-refractivity contribution in [2.45, 2.75) is 0 Å². The highest BCUT2D eigenvalue weighted by Crippen LogP contribution is 2.25. The van der Waals surface area contributed by atoms with Gasteiger partial charge in [0.15, 0.2) is 18.1 Å². The number of rotatable bonds is 8. The van der Waals surface area contributed by atoms with Crippen molar-refractivity contribution < 1.29 is 14.3 Å². The van der Waals surface area contributed by atoms with E-state index in [-0.39, 0.29) is 12.5 Å². The number of carbonyl (C=O) groups excluding carboxylic acids is 1. The van der Waals surface area contributed by atoms with Crippen LogP contribution in [-0.4, -0.2) is 37.3 Å². The van der Waals surface area contributed by atoms with Gasteiger partial charge in [-0.05, 0) is 72.8 Å². The van der Waals surface area contributed by atoms with Gasteiger partial charge in [0.05, 0.1) is 5.69 Å². The van der Waals surface area contributed by atoms with Crippen LogP contribution < -0.4 is 14.8 Å². The fraction of sp³-hybridized carbons (Fsp3) is 0.0333. The number of fused-ring (bicyclic) bond motifs is 1. The SMILES string of the molecule is O=C(COc1ccc(Oc2ccccc2)cc1)Nc1cccc(-c2ccc3nnc(-c4ccncc4)n3n2)c1. The van der Waals surface area contributed by atoms with Gasteiger partial charge in [0, 0.05) is 29.2 Å². The molecule has 6 aromatic rings. The van der Waals surface area contributed by atoms with Gasteiger partial charge in [0.25, 0.3) is 5.91 Å². The fourth-order valence-corrected chi connectivity index (χ4v) is 3.95. The number of hydrogen-bond donors (Lipinski definition) is 1. The van der Waals surface area contributed by atoms with Crippen molar-refractivity contribution >= 4 is 17.2 Å². The summed E-state index contributed by atoms with van der Waals surface area (Å²) in [5.74, 6) is 2.34. The maximum atomic E-state index is 12.6. The molecule has 6 rings (SSSR count). The van der Waals surface area contributed by atoms with Gasteiger partial charge >= 0.3 is 0 Å². The molecule has 0 saturated carbocycles. The molecule has 0 spiro atoms. The predicted octanol–water partition coefficient (Wildman–Crippen LogP) is 5.66. The molecule has 0 fully saturated rings. The molecule has 1 amide bonds. The molecule has 9 nitrogen and oxygen atoms in total. The number of aromatic nitrogens is 5. The van der Waals surface area contributed by atoms with Crippen LogP contribution in [0.5, 0.6) is 17.2 Å². The van der Waals surface area contributed by atoms with Gasteiger partial charge < -0.3 is 14.8 Å². The molecule has 1 N–H and O–H groups in total. The van der Waals surface area contributed by atoms with Gasteiger partial charge in [0.2, 0.25) is 0 Å². The number of pyridine rings is 1. The summed E-state index contributed by atoms with van der Waals surface area (Å²) in [5, 5.41) is 16.1. The maximum Gasteiger partial charge on any atom is 0.262 e. The van der Waals surface area contributed by atoms with Crippen molar-refractivity contribution in [2.75, 3.05) is 11.9 Å². The van der Waals surface area contributed by atoms with Crippen molar-refractivity contribution in [3.63, 3.8) is 0 Å². The van der Waals surface area contributed by atoms with E-state index in [1.165, 1.54) is 0 Å². The lowest BCUT2D eigenvalue weighted by atomic mass is 10.1. The van der Waals surface area contributed by atoms with Crippen molar-refractivity contribution in [1.82, 2.24) is 24.8 Å². The van der Waals surface area contributed by atoms with Gasteiger partial charge in [-0.15, -0.1) is 10.2 Å². The first-order chi connectivity index (χ1) is 19.2. The minimum absolute atomic E-state index is 0.136. The second kappa shape index (κ2) is 10.8. The average Bonchev–Trinajstić information content (AvgIpc) is 3.41. The molecule has 0 atom stereocenters. The van der Waals surface area contributed by atoms with Crippen molar-refractivity contribution in [1.29, 1.82) is 0 Å². The van der Waals surface area contributed by atoms with Gasteiger partial charge in [0.1, 0.15) is 17.2 Å². The van der Waals surface area contributed by atoms with Gasteiger partial charge in [-0.3, -0.25) is 9.78 Å². The van der Waals surface area contributed by atoms with Crippen molar-refractivity contribution in [2.24, 2.45) is 0 Å². The molecule has 3 aromatic carbocycles. The van der Waals surface area contributed by atoms with Crippen LogP contribution in [0, 0.1) is 0 Å². The lowest BCUT2D eigenvalue weighted by Crippen LogP contribution is -2.20. The van der Waals surface area contributed by atoms with E-state index in [4.69, 9.17) is 14.6 Å². The summed E-state index contributed by atoms with van der Waals surface area (Å²) in [6, 6.07) is 31.5. The predicted molar refractivity (Wildman–Crippen MR) is 147 cm³/mol. The van der Waals surface area contributed by atoms with Crippen molar-refractivity contribution in [3.05, 3.63) is 116 Å². The third-order valence-corrected chi connectivity index (χ3v) is 5.82. The maximum absolute atomic E-state index is 12.6. The van der Waals surface area contributed by atoms with E-state index < -0.39 is 0 Å². The molecule has 9 heteroatoms. The van der Waals surface area contributed by atoms with E-state index in [1.807, 2.05) is 78.9 Å². The van der Waals surface area contributed by atoms with Crippen LogP contribution >= 0.6 is 0 Å². The summed E-state index contributed by atoms with van der Waals surface area (Å²) >= 11 is 0. The summed E-state index contributed by atoms with van der Waals surface area (Å²) in [6.45, 7) is -0.136. The average molecular weight is 515 g/mol. The zero-order chi connectivity index (χ0) is 26.4. The van der Waals surface area contributed by atoms with E-state index in [9.17, 15) is 4.79 Å². The highest BCUT2D eigenvalue weighted by atomic mass is 16.5. The van der Waals surface area contributed by atoms with Crippen LogP contribution in [0.25, 0.3) is 28.3 Å². The molecule has 0 aliphatic carbocycles. The Kier molecular flexibility index (Phi) is 6.60. The first kappa shape index (κ1) is 23.8. The van der Waals surface area contributed by atoms with Gasteiger partial charge in [-0.25, -0.2) is 0 Å². The van der Waals surface area contributed by atoms with Crippen LogP contribution in [0.4, 0.5) is 5.69 Å². The fourth-order valence-electron chi connectivity index (χ4n) is 3.95. The quantitative estimate of drug-likeness (QED) is 0.279. The highest BCUT2D eigenvalue weighted by Gasteiger charge is 2.12. The molecule has 39 heavy (non-hydrogen) atoms. The van der Waals surface area contributed by atoms with Crippen LogP contribution in [0.1, 0.15) is 0 Å². The Balaban J connectivity index is 1.10. The Morgan fingerprint density at radius 3 is 2.33 bits per heavy atom. The molecule has 0 saturated heterocycles. The Morgan fingerprint density at radius 1 is 0.744 bits per heavy atom. The summed E-state index contributed by atoms with van der Waals surface area (Å²) in [4.78, 5) is 16.6. The Labute approximate surface area is 223 Å². The number of hydrogen-bond acceptors (Lipinski definition) is 7. The second-order valence-corrected chi connectivity index (χ2v) is 8.55. The van der Waals surface area contributed by atoms with Crippen LogP contribution in [-0.2, 0) is 4.79 Å².